The van der Waals surface area contributed by atoms with Gasteiger partial charge in [-0.1, -0.05) is 29.3 Å². The number of carbonyl (C=O) groups excluding carboxylic acids is 3. The Morgan fingerprint density at radius 1 is 1.29 bits per heavy atom. The number of rotatable bonds is 10. The van der Waals surface area contributed by atoms with Gasteiger partial charge in [-0.2, -0.15) is 0 Å². The van der Waals surface area contributed by atoms with Crippen LogP contribution in [0.25, 0.3) is 0 Å². The summed E-state index contributed by atoms with van der Waals surface area (Å²) in [4.78, 5) is 41.8. The van der Waals surface area contributed by atoms with Gasteiger partial charge in [0.2, 0.25) is 17.7 Å². The molecule has 10 heteroatoms. The van der Waals surface area contributed by atoms with E-state index in [9.17, 15) is 19.5 Å². The van der Waals surface area contributed by atoms with Crippen molar-refractivity contribution in [2.75, 3.05) is 25.1 Å². The van der Waals surface area contributed by atoms with Crippen molar-refractivity contribution in [3.63, 3.8) is 0 Å². The standard InChI is InChI=1S/C25H34BrN3O6/c1-4-6-14(3)27-23(32)21-25-13-17(26)20(35-25)18(19(25)24(33)29(21)11-12-30)22(31)28-15-7-9-16(10-8-15)34-5-2/h7-10,14,17-21,30H,4-6,11-13H2,1-3H3,(H,27,32)(H,28,31)/t14?,17?,18-,19-,20-,21?,25?/m0/s1. The number of carbonyl (C=O) groups is 3. The van der Waals surface area contributed by atoms with Gasteiger partial charge in [0.1, 0.15) is 17.4 Å². The number of anilines is 1. The lowest BCUT2D eigenvalue weighted by Crippen LogP contribution is -2.57. The van der Waals surface area contributed by atoms with Gasteiger partial charge in [-0.25, -0.2) is 0 Å². The van der Waals surface area contributed by atoms with E-state index in [0.29, 0.717) is 24.5 Å². The number of benzene rings is 1. The number of hydrogen-bond donors (Lipinski definition) is 3. The predicted octanol–water partition coefficient (Wildman–Crippen LogP) is 2.07. The van der Waals surface area contributed by atoms with Crippen molar-refractivity contribution in [3.8, 4) is 5.75 Å². The zero-order valence-electron chi connectivity index (χ0n) is 20.3. The molecule has 4 rings (SSSR count). The van der Waals surface area contributed by atoms with Crippen molar-refractivity contribution in [2.24, 2.45) is 11.8 Å². The van der Waals surface area contributed by atoms with Crippen LogP contribution in [0.1, 0.15) is 40.0 Å². The van der Waals surface area contributed by atoms with Gasteiger partial charge in [-0.3, -0.25) is 14.4 Å². The number of halogens is 1. The summed E-state index contributed by atoms with van der Waals surface area (Å²) in [7, 11) is 0. The maximum absolute atomic E-state index is 13.6. The first-order valence-electron chi connectivity index (χ1n) is 12.3. The summed E-state index contributed by atoms with van der Waals surface area (Å²) in [5.41, 5.74) is -0.538. The number of fused-ring (bicyclic) bond motifs is 1. The van der Waals surface area contributed by atoms with Crippen LogP contribution in [0.3, 0.4) is 0 Å². The highest BCUT2D eigenvalue weighted by Gasteiger charge is 2.76. The van der Waals surface area contributed by atoms with E-state index in [1.54, 1.807) is 24.3 Å². The largest absolute Gasteiger partial charge is 0.494 e. The lowest BCUT2D eigenvalue weighted by molar-refractivity contribution is -0.142. The molecule has 4 unspecified atom stereocenters. The van der Waals surface area contributed by atoms with E-state index in [1.807, 2.05) is 20.8 Å². The summed E-state index contributed by atoms with van der Waals surface area (Å²) in [6, 6.07) is 6.07. The fourth-order valence-electron chi connectivity index (χ4n) is 5.93. The number of likely N-dealkylation sites (tertiary alicyclic amines) is 1. The smallest absolute Gasteiger partial charge is 0.246 e. The van der Waals surface area contributed by atoms with Gasteiger partial charge < -0.3 is 30.1 Å². The Kier molecular flexibility index (Phi) is 7.73. The Hall–Kier alpha value is -2.17. The second-order valence-corrected chi connectivity index (χ2v) is 10.7. The van der Waals surface area contributed by atoms with E-state index in [0.717, 1.165) is 12.8 Å². The van der Waals surface area contributed by atoms with Crippen LogP contribution in [-0.4, -0.2) is 76.1 Å². The summed E-state index contributed by atoms with van der Waals surface area (Å²) in [5.74, 6) is -1.82. The molecule has 3 heterocycles. The van der Waals surface area contributed by atoms with Crippen LogP contribution in [0, 0.1) is 11.8 Å². The van der Waals surface area contributed by atoms with Crippen LogP contribution < -0.4 is 15.4 Å². The number of aliphatic hydroxyl groups is 1. The average Bonchev–Trinajstić information content (AvgIpc) is 3.39. The topological polar surface area (TPSA) is 117 Å². The Morgan fingerprint density at radius 3 is 2.63 bits per heavy atom. The lowest BCUT2D eigenvalue weighted by Gasteiger charge is -2.34. The van der Waals surface area contributed by atoms with Gasteiger partial charge in [-0.15, -0.1) is 0 Å². The van der Waals surface area contributed by atoms with Gasteiger partial charge in [0.15, 0.2) is 0 Å². The second kappa shape index (κ2) is 10.4. The summed E-state index contributed by atoms with van der Waals surface area (Å²) >= 11 is 3.65. The second-order valence-electron chi connectivity index (χ2n) is 9.56. The molecule has 192 valence electrons. The highest BCUT2D eigenvalue weighted by Crippen LogP contribution is 2.60. The quantitative estimate of drug-likeness (QED) is 0.383. The van der Waals surface area contributed by atoms with Crippen LogP contribution in [0.4, 0.5) is 5.69 Å². The minimum Gasteiger partial charge on any atom is -0.494 e. The molecule has 3 fully saturated rings. The molecule has 0 aliphatic carbocycles. The van der Waals surface area contributed by atoms with E-state index >= 15 is 0 Å². The Morgan fingerprint density at radius 2 is 2.00 bits per heavy atom. The molecule has 1 spiro atoms. The van der Waals surface area contributed by atoms with E-state index in [2.05, 4.69) is 26.6 Å². The van der Waals surface area contributed by atoms with E-state index in [4.69, 9.17) is 9.47 Å². The number of alkyl halides is 1. The van der Waals surface area contributed by atoms with Gasteiger partial charge in [-0.05, 0) is 51.0 Å². The molecular formula is C25H34BrN3O6. The molecule has 3 aliphatic rings. The van der Waals surface area contributed by atoms with Crippen molar-refractivity contribution >= 4 is 39.3 Å². The Labute approximate surface area is 214 Å². The minimum absolute atomic E-state index is 0.00549. The molecule has 9 nitrogen and oxygen atoms in total. The maximum Gasteiger partial charge on any atom is 0.246 e. The molecule has 35 heavy (non-hydrogen) atoms. The monoisotopic (exact) mass is 551 g/mol. The lowest BCUT2D eigenvalue weighted by atomic mass is 9.70. The molecule has 0 radical (unpaired) electrons. The molecule has 1 aromatic rings. The maximum atomic E-state index is 13.6. The molecule has 3 amide bonds. The first-order chi connectivity index (χ1) is 16.8. The number of nitrogens with zero attached hydrogens (tertiary/aromatic N) is 1. The third-order valence-corrected chi connectivity index (χ3v) is 8.07. The summed E-state index contributed by atoms with van der Waals surface area (Å²) in [6.07, 6.45) is 1.62. The van der Waals surface area contributed by atoms with Gasteiger partial charge in [0, 0.05) is 23.1 Å². The first-order valence-corrected chi connectivity index (χ1v) is 13.3. The number of hydrogen-bond acceptors (Lipinski definition) is 6. The summed E-state index contributed by atoms with van der Waals surface area (Å²) < 4.78 is 11.9. The molecule has 3 aliphatic heterocycles. The number of nitrogens with one attached hydrogen (secondary N) is 2. The van der Waals surface area contributed by atoms with Crippen LogP contribution in [0.5, 0.6) is 5.75 Å². The highest BCUT2D eigenvalue weighted by molar-refractivity contribution is 9.09. The molecule has 7 atom stereocenters. The number of aliphatic hydroxyl groups excluding tert-OH is 1. The molecule has 0 aromatic heterocycles. The number of ether oxygens (including phenoxy) is 2. The zero-order valence-corrected chi connectivity index (χ0v) is 21.9. The van der Waals surface area contributed by atoms with Gasteiger partial charge >= 0.3 is 0 Å². The van der Waals surface area contributed by atoms with Crippen molar-refractivity contribution in [3.05, 3.63) is 24.3 Å². The molecule has 3 saturated heterocycles. The zero-order chi connectivity index (χ0) is 25.3. The Bertz CT molecular complexity index is 959. The van der Waals surface area contributed by atoms with Gasteiger partial charge in [0.25, 0.3) is 0 Å². The number of amides is 3. The third-order valence-electron chi connectivity index (χ3n) is 7.22. The number of β-amino-alcohol motifs (C(OH)–C–C–N with tert-alkyl or cyclic N) is 1. The third kappa shape index (κ3) is 4.56. The fraction of sp³-hybridized carbons (Fsp3) is 0.640. The van der Waals surface area contributed by atoms with Crippen molar-refractivity contribution in [1.29, 1.82) is 0 Å². The van der Waals surface area contributed by atoms with E-state index < -0.39 is 29.6 Å². The van der Waals surface area contributed by atoms with Crippen molar-refractivity contribution in [1.82, 2.24) is 10.2 Å². The highest BCUT2D eigenvalue weighted by atomic mass is 79.9. The van der Waals surface area contributed by atoms with Crippen LogP contribution in [-0.2, 0) is 19.1 Å². The molecule has 2 bridgehead atoms. The Balaban J connectivity index is 1.61. The van der Waals surface area contributed by atoms with E-state index in [-0.39, 0.29) is 41.7 Å². The fourth-order valence-corrected chi connectivity index (χ4v) is 6.87. The van der Waals surface area contributed by atoms with Crippen LogP contribution in [0.15, 0.2) is 24.3 Å². The van der Waals surface area contributed by atoms with E-state index in [1.165, 1.54) is 4.90 Å². The SMILES string of the molecule is CCCC(C)NC(=O)C1N(CCO)C(=O)[C@@H]2[C@H](C(=O)Nc3ccc(OCC)cc3)[C@H]3OC12CC3Br. The molecule has 0 saturated carbocycles. The molecule has 1 aromatic carbocycles. The molecule has 3 N–H and O–H groups in total. The van der Waals surface area contributed by atoms with Gasteiger partial charge in [0.05, 0.1) is 31.2 Å². The summed E-state index contributed by atoms with van der Waals surface area (Å²) in [6.45, 7) is 6.13. The molecular weight excluding hydrogens is 518 g/mol. The summed E-state index contributed by atoms with van der Waals surface area (Å²) in [5, 5.41) is 15.6. The predicted molar refractivity (Wildman–Crippen MR) is 133 cm³/mol. The van der Waals surface area contributed by atoms with Crippen LogP contribution >= 0.6 is 15.9 Å². The minimum atomic E-state index is -1.12. The van der Waals surface area contributed by atoms with Crippen molar-refractivity contribution < 1.29 is 29.0 Å². The normalized spacial score (nSPS) is 31.9. The van der Waals surface area contributed by atoms with Crippen LogP contribution in [0.2, 0.25) is 0 Å². The average molecular weight is 552 g/mol. The first kappa shape index (κ1) is 25.9. The van der Waals surface area contributed by atoms with Crippen molar-refractivity contribution in [2.45, 2.75) is 68.6 Å².